The lowest BCUT2D eigenvalue weighted by Gasteiger charge is -2.16. The minimum Gasteiger partial charge on any atom is -0.308 e. The Labute approximate surface area is 93.1 Å². The SMILES string of the molecule is CNC(c1cccc(F)c1)c1cnnn1C. The molecule has 1 aromatic carbocycles. The van der Waals surface area contributed by atoms with E-state index in [9.17, 15) is 4.39 Å². The molecule has 0 spiro atoms. The molecular formula is C11H13FN4. The molecule has 1 N–H and O–H groups in total. The van der Waals surface area contributed by atoms with Crippen LogP contribution in [0.15, 0.2) is 30.5 Å². The summed E-state index contributed by atoms with van der Waals surface area (Å²) in [5.74, 6) is -0.243. The summed E-state index contributed by atoms with van der Waals surface area (Å²) in [5.41, 5.74) is 1.75. The second-order valence-corrected chi connectivity index (χ2v) is 3.56. The lowest BCUT2D eigenvalue weighted by atomic mass is 10.0. The smallest absolute Gasteiger partial charge is 0.123 e. The maximum atomic E-state index is 13.1. The highest BCUT2D eigenvalue weighted by molar-refractivity contribution is 5.26. The van der Waals surface area contributed by atoms with Crippen molar-refractivity contribution >= 4 is 0 Å². The van der Waals surface area contributed by atoms with Crippen molar-refractivity contribution in [1.29, 1.82) is 0 Å². The van der Waals surface area contributed by atoms with Crippen LogP contribution in [0.1, 0.15) is 17.3 Å². The van der Waals surface area contributed by atoms with Crippen LogP contribution in [-0.2, 0) is 7.05 Å². The summed E-state index contributed by atoms with van der Waals surface area (Å²) in [6.45, 7) is 0. The van der Waals surface area contributed by atoms with Crippen molar-refractivity contribution in [2.75, 3.05) is 7.05 Å². The van der Waals surface area contributed by atoms with Crippen molar-refractivity contribution in [3.05, 3.63) is 47.5 Å². The lowest BCUT2D eigenvalue weighted by Crippen LogP contribution is -2.20. The molecule has 5 heteroatoms. The van der Waals surface area contributed by atoms with Crippen LogP contribution < -0.4 is 5.32 Å². The van der Waals surface area contributed by atoms with E-state index < -0.39 is 0 Å². The minimum absolute atomic E-state index is 0.101. The summed E-state index contributed by atoms with van der Waals surface area (Å²) < 4.78 is 14.8. The van der Waals surface area contributed by atoms with Crippen LogP contribution in [0.4, 0.5) is 4.39 Å². The van der Waals surface area contributed by atoms with Crippen molar-refractivity contribution < 1.29 is 4.39 Å². The number of nitrogens with zero attached hydrogens (tertiary/aromatic N) is 3. The predicted octanol–water partition coefficient (Wildman–Crippen LogP) is 1.26. The molecule has 2 rings (SSSR count). The third kappa shape index (κ3) is 1.94. The van der Waals surface area contributed by atoms with Crippen LogP contribution in [0.2, 0.25) is 0 Å². The highest BCUT2D eigenvalue weighted by Gasteiger charge is 2.16. The summed E-state index contributed by atoms with van der Waals surface area (Å²) in [7, 11) is 3.63. The molecule has 1 atom stereocenters. The fourth-order valence-electron chi connectivity index (χ4n) is 1.73. The van der Waals surface area contributed by atoms with Crippen molar-refractivity contribution in [3.8, 4) is 0 Å². The molecule has 1 aromatic heterocycles. The Morgan fingerprint density at radius 2 is 2.25 bits per heavy atom. The molecule has 84 valence electrons. The van der Waals surface area contributed by atoms with E-state index in [1.165, 1.54) is 12.1 Å². The van der Waals surface area contributed by atoms with E-state index in [1.807, 2.05) is 20.2 Å². The van der Waals surface area contributed by atoms with Gasteiger partial charge in [-0.2, -0.15) is 0 Å². The maximum Gasteiger partial charge on any atom is 0.123 e. The van der Waals surface area contributed by atoms with Gasteiger partial charge in [0, 0.05) is 7.05 Å². The Hall–Kier alpha value is -1.75. The van der Waals surface area contributed by atoms with E-state index in [-0.39, 0.29) is 11.9 Å². The second kappa shape index (κ2) is 4.40. The Morgan fingerprint density at radius 1 is 1.44 bits per heavy atom. The zero-order valence-corrected chi connectivity index (χ0v) is 9.18. The van der Waals surface area contributed by atoms with E-state index >= 15 is 0 Å². The summed E-state index contributed by atoms with van der Waals surface area (Å²) >= 11 is 0. The van der Waals surface area contributed by atoms with E-state index in [0.717, 1.165) is 11.3 Å². The normalized spacial score (nSPS) is 12.7. The van der Waals surface area contributed by atoms with Crippen molar-refractivity contribution in [1.82, 2.24) is 20.3 Å². The second-order valence-electron chi connectivity index (χ2n) is 3.56. The van der Waals surface area contributed by atoms with Gasteiger partial charge in [0.05, 0.1) is 17.9 Å². The van der Waals surface area contributed by atoms with Gasteiger partial charge in [-0.25, -0.2) is 4.39 Å². The van der Waals surface area contributed by atoms with Crippen LogP contribution in [-0.4, -0.2) is 22.0 Å². The topological polar surface area (TPSA) is 42.7 Å². The van der Waals surface area contributed by atoms with Gasteiger partial charge in [-0.3, -0.25) is 4.68 Å². The fraction of sp³-hybridized carbons (Fsp3) is 0.273. The van der Waals surface area contributed by atoms with E-state index in [0.29, 0.717) is 0 Å². The zero-order valence-electron chi connectivity index (χ0n) is 9.18. The van der Waals surface area contributed by atoms with Crippen LogP contribution in [0.5, 0.6) is 0 Å². The Kier molecular flexibility index (Phi) is 2.96. The monoisotopic (exact) mass is 220 g/mol. The molecule has 0 aliphatic carbocycles. The number of aromatic nitrogens is 3. The first-order chi connectivity index (χ1) is 7.72. The average molecular weight is 220 g/mol. The summed E-state index contributed by atoms with van der Waals surface area (Å²) in [6, 6.07) is 6.40. The van der Waals surface area contributed by atoms with E-state index in [4.69, 9.17) is 0 Å². The van der Waals surface area contributed by atoms with Gasteiger partial charge in [0.25, 0.3) is 0 Å². The molecule has 4 nitrogen and oxygen atoms in total. The molecule has 0 radical (unpaired) electrons. The van der Waals surface area contributed by atoms with Gasteiger partial charge >= 0.3 is 0 Å². The first-order valence-corrected chi connectivity index (χ1v) is 4.99. The Balaban J connectivity index is 2.40. The fourth-order valence-corrected chi connectivity index (χ4v) is 1.73. The third-order valence-corrected chi connectivity index (χ3v) is 2.52. The van der Waals surface area contributed by atoms with Crippen LogP contribution in [0.3, 0.4) is 0 Å². The quantitative estimate of drug-likeness (QED) is 0.846. The predicted molar refractivity (Wildman–Crippen MR) is 58.3 cm³/mol. The lowest BCUT2D eigenvalue weighted by molar-refractivity contribution is 0.586. The number of hydrogen-bond acceptors (Lipinski definition) is 3. The zero-order chi connectivity index (χ0) is 11.5. The Morgan fingerprint density at radius 3 is 2.81 bits per heavy atom. The van der Waals surface area contributed by atoms with Gasteiger partial charge in [0.2, 0.25) is 0 Å². The highest BCUT2D eigenvalue weighted by atomic mass is 19.1. The van der Waals surface area contributed by atoms with Crippen molar-refractivity contribution in [3.63, 3.8) is 0 Å². The molecule has 0 aliphatic heterocycles. The van der Waals surface area contributed by atoms with Crippen molar-refractivity contribution in [2.24, 2.45) is 7.05 Å². The number of hydrogen-bond donors (Lipinski definition) is 1. The third-order valence-electron chi connectivity index (χ3n) is 2.52. The molecule has 1 unspecified atom stereocenters. The maximum absolute atomic E-state index is 13.1. The van der Waals surface area contributed by atoms with Gasteiger partial charge < -0.3 is 5.32 Å². The Bertz CT molecular complexity index is 480. The average Bonchev–Trinajstić information content (AvgIpc) is 2.67. The molecule has 0 fully saturated rings. The molecule has 0 saturated carbocycles. The number of rotatable bonds is 3. The molecule has 0 bridgehead atoms. The first kappa shape index (κ1) is 10.8. The molecule has 16 heavy (non-hydrogen) atoms. The molecule has 2 aromatic rings. The van der Waals surface area contributed by atoms with Gasteiger partial charge in [-0.1, -0.05) is 17.3 Å². The number of nitrogens with one attached hydrogen (secondary N) is 1. The minimum atomic E-state index is -0.243. The summed E-state index contributed by atoms with van der Waals surface area (Å²) in [5, 5.41) is 10.8. The van der Waals surface area contributed by atoms with Crippen LogP contribution >= 0.6 is 0 Å². The van der Waals surface area contributed by atoms with E-state index in [2.05, 4.69) is 15.6 Å². The van der Waals surface area contributed by atoms with Gasteiger partial charge in [0.15, 0.2) is 0 Å². The first-order valence-electron chi connectivity index (χ1n) is 4.99. The van der Waals surface area contributed by atoms with Gasteiger partial charge in [0.1, 0.15) is 5.82 Å². The van der Waals surface area contributed by atoms with Crippen molar-refractivity contribution in [2.45, 2.75) is 6.04 Å². The summed E-state index contributed by atoms with van der Waals surface area (Å²) in [4.78, 5) is 0. The van der Waals surface area contributed by atoms with Gasteiger partial charge in [-0.05, 0) is 24.7 Å². The molecule has 1 heterocycles. The summed E-state index contributed by atoms with van der Waals surface area (Å²) in [6.07, 6.45) is 1.67. The van der Waals surface area contributed by atoms with Crippen LogP contribution in [0, 0.1) is 5.82 Å². The molecule has 0 saturated heterocycles. The molecule has 0 amide bonds. The molecular weight excluding hydrogens is 207 g/mol. The largest absolute Gasteiger partial charge is 0.308 e. The van der Waals surface area contributed by atoms with E-state index in [1.54, 1.807) is 16.9 Å². The number of benzene rings is 1. The van der Waals surface area contributed by atoms with Crippen LogP contribution in [0.25, 0.3) is 0 Å². The number of aryl methyl sites for hydroxylation is 1. The molecule has 0 aliphatic rings. The van der Waals surface area contributed by atoms with Gasteiger partial charge in [-0.15, -0.1) is 5.10 Å². The number of halogens is 1. The highest BCUT2D eigenvalue weighted by Crippen LogP contribution is 2.20. The standard InChI is InChI=1S/C11H13FN4/c1-13-11(10-7-14-15-16(10)2)8-4-3-5-9(12)6-8/h3-7,11,13H,1-2H3.